The first-order chi connectivity index (χ1) is 32.9. The minimum absolute atomic E-state index is 0.0363. The van der Waals surface area contributed by atoms with Crippen molar-refractivity contribution in [3.8, 4) is 0 Å². The zero-order chi connectivity index (χ0) is 48.1. The molecule has 4 atom stereocenters. The number of amides is 4. The topological polar surface area (TPSA) is 259 Å². The number of likely N-dealkylation sites (N-methyl/N-ethyl adjacent to an activating group) is 1. The summed E-state index contributed by atoms with van der Waals surface area (Å²) >= 11 is 1.90. The molecule has 2 heterocycles. The van der Waals surface area contributed by atoms with E-state index in [-0.39, 0.29) is 36.3 Å². The van der Waals surface area contributed by atoms with Crippen LogP contribution in [0, 0.1) is 0 Å². The summed E-state index contributed by atoms with van der Waals surface area (Å²) in [6.07, 6.45) is 5.53. The SMILES string of the molecule is CNC(CCCCNC(=O)CCOCCOCCOCCOCCOCCOCCOCCOCCOCCOCCOCCOCCNC(=O)CCCC[C@@H]1SC[C@@H]2NC(=O)N[C@@H]21)C(=O)O. The fourth-order valence-electron chi connectivity index (χ4n) is 6.49. The number of carboxylic acids is 1. The van der Waals surface area contributed by atoms with Crippen molar-refractivity contribution in [1.29, 1.82) is 0 Å². The van der Waals surface area contributed by atoms with E-state index in [4.69, 9.17) is 61.9 Å². The summed E-state index contributed by atoms with van der Waals surface area (Å²) in [7, 11) is 1.62. The van der Waals surface area contributed by atoms with Gasteiger partial charge in [0.05, 0.1) is 171 Å². The van der Waals surface area contributed by atoms with E-state index in [0.29, 0.717) is 196 Å². The van der Waals surface area contributed by atoms with Crippen LogP contribution in [0.1, 0.15) is 51.4 Å². The zero-order valence-electron chi connectivity index (χ0n) is 39.9. The van der Waals surface area contributed by atoms with Gasteiger partial charge in [0.25, 0.3) is 0 Å². The average Bonchev–Trinajstić information content (AvgIpc) is 3.88. The van der Waals surface area contributed by atoms with Gasteiger partial charge in [-0.1, -0.05) is 6.42 Å². The van der Waals surface area contributed by atoms with Crippen molar-refractivity contribution in [1.82, 2.24) is 26.6 Å². The van der Waals surface area contributed by atoms with Gasteiger partial charge in [0, 0.05) is 36.9 Å². The molecule has 2 saturated heterocycles. The third-order valence-electron chi connectivity index (χ3n) is 10.1. The normalized spacial score (nSPS) is 17.0. The smallest absolute Gasteiger partial charge is 0.320 e. The van der Waals surface area contributed by atoms with Gasteiger partial charge in [0.2, 0.25) is 11.8 Å². The molecule has 2 aliphatic rings. The Bertz CT molecular complexity index is 1220. The van der Waals surface area contributed by atoms with Crippen molar-refractivity contribution >= 4 is 35.6 Å². The van der Waals surface area contributed by atoms with Crippen molar-refractivity contribution in [2.75, 3.05) is 184 Å². The molecule has 4 amide bonds. The Hall–Kier alpha value is -2.49. The van der Waals surface area contributed by atoms with Crippen molar-refractivity contribution in [3.05, 3.63) is 0 Å². The van der Waals surface area contributed by atoms with Crippen LogP contribution in [-0.4, -0.2) is 237 Å². The van der Waals surface area contributed by atoms with Gasteiger partial charge in [-0.15, -0.1) is 0 Å². The fourth-order valence-corrected chi connectivity index (χ4v) is 8.04. The number of urea groups is 1. The van der Waals surface area contributed by atoms with Crippen LogP contribution in [0.5, 0.6) is 0 Å². The van der Waals surface area contributed by atoms with Gasteiger partial charge in [-0.2, -0.15) is 11.8 Å². The van der Waals surface area contributed by atoms with E-state index in [9.17, 15) is 19.2 Å². The summed E-state index contributed by atoms with van der Waals surface area (Å²) in [6, 6.07) is -0.169. The van der Waals surface area contributed by atoms with Crippen LogP contribution < -0.4 is 26.6 Å². The minimum Gasteiger partial charge on any atom is -0.480 e. The van der Waals surface area contributed by atoms with E-state index < -0.39 is 12.0 Å². The number of carbonyl (C=O) groups is 4. The van der Waals surface area contributed by atoms with Crippen LogP contribution >= 0.6 is 11.8 Å². The van der Waals surface area contributed by atoms with Crippen LogP contribution in [0.25, 0.3) is 0 Å². The molecule has 392 valence electrons. The van der Waals surface area contributed by atoms with Crippen LogP contribution in [0.2, 0.25) is 0 Å². The molecule has 2 fully saturated rings. The van der Waals surface area contributed by atoms with Crippen molar-refractivity contribution in [2.45, 2.75) is 74.7 Å². The van der Waals surface area contributed by atoms with E-state index in [1.807, 2.05) is 11.8 Å². The lowest BCUT2D eigenvalue weighted by atomic mass is 10.0. The van der Waals surface area contributed by atoms with Crippen molar-refractivity contribution in [2.24, 2.45) is 0 Å². The Balaban J connectivity index is 1.13. The summed E-state index contributed by atoms with van der Waals surface area (Å²) in [5, 5.41) is 23.8. The number of carboxylic acid groups (broad SMARTS) is 1. The van der Waals surface area contributed by atoms with Gasteiger partial charge in [-0.25, -0.2) is 4.79 Å². The molecule has 0 radical (unpaired) electrons. The van der Waals surface area contributed by atoms with Crippen molar-refractivity contribution in [3.63, 3.8) is 0 Å². The highest BCUT2D eigenvalue weighted by Crippen LogP contribution is 2.33. The van der Waals surface area contributed by atoms with Crippen molar-refractivity contribution < 1.29 is 81.1 Å². The number of aliphatic carboxylic acids is 1. The lowest BCUT2D eigenvalue weighted by Crippen LogP contribution is -2.36. The Morgan fingerprint density at radius 3 is 1.37 bits per heavy atom. The molecule has 67 heavy (non-hydrogen) atoms. The highest BCUT2D eigenvalue weighted by atomic mass is 32.2. The molecule has 22 nitrogen and oxygen atoms in total. The number of fused-ring (bicyclic) bond motifs is 1. The molecular formula is C44H83N5O17S. The molecule has 0 spiro atoms. The summed E-state index contributed by atoms with van der Waals surface area (Å²) in [6.45, 7) is 11.8. The lowest BCUT2D eigenvalue weighted by molar-refractivity contribution is -0.139. The second-order valence-corrected chi connectivity index (χ2v) is 16.6. The fraction of sp³-hybridized carbons (Fsp3) is 0.909. The number of unbranched alkanes of at least 4 members (excludes halogenated alkanes) is 2. The van der Waals surface area contributed by atoms with Crippen LogP contribution in [0.3, 0.4) is 0 Å². The van der Waals surface area contributed by atoms with Crippen LogP contribution in [0.15, 0.2) is 0 Å². The third kappa shape index (κ3) is 36.2. The number of hydrogen-bond donors (Lipinski definition) is 6. The van der Waals surface area contributed by atoms with E-state index >= 15 is 0 Å². The predicted molar refractivity (Wildman–Crippen MR) is 249 cm³/mol. The molecule has 2 aliphatic heterocycles. The Morgan fingerprint density at radius 2 is 0.940 bits per heavy atom. The summed E-state index contributed by atoms with van der Waals surface area (Å²) in [5.74, 6) is 0.0308. The molecule has 0 aromatic rings. The summed E-state index contributed by atoms with van der Waals surface area (Å²) in [4.78, 5) is 46.4. The first kappa shape index (κ1) is 60.6. The second-order valence-electron chi connectivity index (χ2n) is 15.3. The number of ether oxygens (including phenoxy) is 12. The monoisotopic (exact) mass is 986 g/mol. The Labute approximate surface area is 401 Å². The van der Waals surface area contributed by atoms with Gasteiger partial charge in [-0.05, 0) is 39.2 Å². The number of rotatable bonds is 51. The van der Waals surface area contributed by atoms with E-state index in [1.165, 1.54) is 0 Å². The molecule has 23 heteroatoms. The van der Waals surface area contributed by atoms with E-state index in [2.05, 4.69) is 26.6 Å². The standard InChI is InChI=1S/C44H83N5O17S/c1-45-37(43(52)53)6-4-5-10-46-41(51)9-12-55-14-16-57-18-20-59-22-24-61-26-28-63-30-32-65-34-35-66-33-31-64-29-27-62-25-23-60-21-19-58-17-15-56-13-11-47-40(50)8-3-2-7-39-42-38(36-67-39)48-44(54)49-42/h37-39,42,45H,2-36H2,1H3,(H,46,51)(H,47,50)(H,52,53)(H2,48,49,54)/t37?,38-,39-,42-/m0/s1. The molecule has 0 aliphatic carbocycles. The number of nitrogens with one attached hydrogen (secondary N) is 5. The minimum atomic E-state index is -0.866. The summed E-state index contributed by atoms with van der Waals surface area (Å²) in [5.41, 5.74) is 0. The summed E-state index contributed by atoms with van der Waals surface area (Å²) < 4.78 is 65.9. The Morgan fingerprint density at radius 1 is 0.537 bits per heavy atom. The van der Waals surface area contributed by atoms with Gasteiger partial charge in [0.1, 0.15) is 6.04 Å². The maximum Gasteiger partial charge on any atom is 0.320 e. The van der Waals surface area contributed by atoms with Gasteiger partial charge in [-0.3, -0.25) is 14.4 Å². The van der Waals surface area contributed by atoms with E-state index in [1.54, 1.807) is 7.05 Å². The van der Waals surface area contributed by atoms with Gasteiger partial charge >= 0.3 is 12.0 Å². The molecule has 0 saturated carbocycles. The number of thioether (sulfide) groups is 1. The molecule has 0 aromatic carbocycles. The molecule has 0 aromatic heterocycles. The predicted octanol–water partition coefficient (Wildman–Crippen LogP) is 0.377. The maximum atomic E-state index is 12.1. The zero-order valence-corrected chi connectivity index (χ0v) is 40.8. The largest absolute Gasteiger partial charge is 0.480 e. The van der Waals surface area contributed by atoms with E-state index in [0.717, 1.165) is 31.4 Å². The molecule has 2 rings (SSSR count). The third-order valence-corrected chi connectivity index (χ3v) is 11.6. The molecular weight excluding hydrogens is 903 g/mol. The first-order valence-corrected chi connectivity index (χ1v) is 25.0. The van der Waals surface area contributed by atoms with Gasteiger partial charge in [0.15, 0.2) is 0 Å². The quantitative estimate of drug-likeness (QED) is 0.0356. The molecule has 1 unspecified atom stereocenters. The van der Waals surface area contributed by atoms with Crippen LogP contribution in [0.4, 0.5) is 4.79 Å². The first-order valence-electron chi connectivity index (χ1n) is 24.0. The molecule has 6 N–H and O–H groups in total. The van der Waals surface area contributed by atoms with Gasteiger partial charge < -0.3 is 88.5 Å². The highest BCUT2D eigenvalue weighted by Gasteiger charge is 2.42. The second kappa shape index (κ2) is 44.7. The highest BCUT2D eigenvalue weighted by molar-refractivity contribution is 8.00. The maximum absolute atomic E-state index is 12.1. The Kier molecular flexibility index (Phi) is 40.5. The average molecular weight is 986 g/mol. The number of hydrogen-bond acceptors (Lipinski definition) is 18. The van der Waals surface area contributed by atoms with Crippen LogP contribution in [-0.2, 0) is 71.2 Å². The number of carbonyl (C=O) groups excluding carboxylic acids is 3. The lowest BCUT2D eigenvalue weighted by Gasteiger charge is -2.16. The molecule has 0 bridgehead atoms.